The molecule has 0 heterocycles. The molecule has 0 spiro atoms. The zero-order valence-corrected chi connectivity index (χ0v) is 17.8. The van der Waals surface area contributed by atoms with E-state index >= 15 is 0 Å². The van der Waals surface area contributed by atoms with E-state index in [0.717, 1.165) is 12.8 Å². The van der Waals surface area contributed by atoms with E-state index in [1.165, 1.54) is 64.2 Å². The molecule has 0 bridgehead atoms. The Labute approximate surface area is 155 Å². The molecule has 0 unspecified atom stereocenters. The van der Waals surface area contributed by atoms with Gasteiger partial charge in [-0.15, -0.1) is 0 Å². The van der Waals surface area contributed by atoms with E-state index in [0.29, 0.717) is 0 Å². The van der Waals surface area contributed by atoms with Crippen LogP contribution in [0.5, 0.6) is 0 Å². The third-order valence-electron chi connectivity index (χ3n) is 3.20. The van der Waals surface area contributed by atoms with Crippen LogP contribution in [0, 0.1) is 22.2 Å². The van der Waals surface area contributed by atoms with Crippen LogP contribution in [-0.4, -0.2) is 5.09 Å². The summed E-state index contributed by atoms with van der Waals surface area (Å²) in [5.41, 5.74) is 0. The molecule has 0 saturated carbocycles. The van der Waals surface area contributed by atoms with Crippen molar-refractivity contribution in [3.05, 3.63) is 46.5 Å². The predicted molar refractivity (Wildman–Crippen MR) is 95.1 cm³/mol. The number of hydrogen-bond donors (Lipinski definition) is 0. The number of nitrogens with zero attached hydrogens (tertiary/aromatic N) is 1. The van der Waals surface area contributed by atoms with E-state index in [2.05, 4.69) is 38.2 Å². The monoisotopic (exact) mass is 375 g/mol. The van der Waals surface area contributed by atoms with Crippen LogP contribution in [0.15, 0.2) is 24.3 Å². The molecule has 0 aliphatic rings. The number of rotatable bonds is 13. The summed E-state index contributed by atoms with van der Waals surface area (Å²) < 4.78 is 0. The van der Waals surface area contributed by atoms with Gasteiger partial charge in [-0.3, -0.25) is 0 Å². The molecule has 0 N–H and O–H groups in total. The predicted octanol–water partition coefficient (Wildman–Crippen LogP) is 6.39. The molecular weight excluding hydrogens is 344 g/mol. The second-order valence-corrected chi connectivity index (χ2v) is 5.31. The smallest absolute Gasteiger partial charge is 0.356 e. The van der Waals surface area contributed by atoms with Gasteiger partial charge < -0.3 is 22.2 Å². The summed E-state index contributed by atoms with van der Waals surface area (Å²) in [4.78, 5) is 8.25. The Hall–Kier alpha value is -0.697. The Morgan fingerprint density at radius 3 is 1.74 bits per heavy atom. The summed E-state index contributed by atoms with van der Waals surface area (Å²) in [5.74, 6) is 0. The molecule has 0 rings (SSSR count). The summed E-state index contributed by atoms with van der Waals surface area (Å²) in [6.45, 7) is 6.12. The Balaban J connectivity index is -0.000000712. The van der Waals surface area contributed by atoms with Crippen molar-refractivity contribution in [3.63, 3.8) is 0 Å². The van der Waals surface area contributed by atoms with Crippen molar-refractivity contribution in [3.8, 4) is 0 Å². The average molecular weight is 377 g/mol. The van der Waals surface area contributed by atoms with Gasteiger partial charge >= 0.3 is 19.5 Å². The van der Waals surface area contributed by atoms with Gasteiger partial charge in [-0.25, -0.2) is 0 Å². The first kappa shape index (κ1) is 27.2. The van der Waals surface area contributed by atoms with Crippen LogP contribution in [-0.2, 0) is 19.5 Å². The van der Waals surface area contributed by atoms with Gasteiger partial charge in [-0.05, 0) is 32.1 Å². The van der Waals surface area contributed by atoms with Crippen LogP contribution >= 0.6 is 0 Å². The topological polar surface area (TPSA) is 66.2 Å². The van der Waals surface area contributed by atoms with Crippen molar-refractivity contribution in [1.82, 2.24) is 0 Å². The summed E-state index contributed by atoms with van der Waals surface area (Å²) in [5, 5.41) is 14.8. The molecule has 0 aromatic rings. The second kappa shape index (κ2) is 26.2. The SMILES string of the molecule is O=[N+]([O-])[O-].[CH2-]CCCCCCC/C=C\C/C=C\CCCCC.[Zn+2]. The fraction of sp³-hybridized carbons (Fsp3) is 0.722. The molecule has 23 heavy (non-hydrogen) atoms. The van der Waals surface area contributed by atoms with E-state index in [4.69, 9.17) is 15.3 Å². The molecule has 0 aliphatic carbocycles. The maximum absolute atomic E-state index is 8.25. The van der Waals surface area contributed by atoms with Crippen LogP contribution in [0.4, 0.5) is 0 Å². The molecule has 0 fully saturated rings. The molecule has 0 aliphatic heterocycles. The minimum absolute atomic E-state index is 0. The summed E-state index contributed by atoms with van der Waals surface area (Å²) in [6.07, 6.45) is 24.9. The first-order valence-corrected chi connectivity index (χ1v) is 8.55. The normalized spacial score (nSPS) is 10.3. The third kappa shape index (κ3) is 38.8. The summed E-state index contributed by atoms with van der Waals surface area (Å²) >= 11 is 0. The molecule has 0 atom stereocenters. The van der Waals surface area contributed by atoms with Gasteiger partial charge in [0.1, 0.15) is 0 Å². The number of unbranched alkanes of at least 4 members (excludes halogenated alkanes) is 9. The Morgan fingerprint density at radius 2 is 1.26 bits per heavy atom. The molecule has 0 aromatic carbocycles. The quantitative estimate of drug-likeness (QED) is 0.0933. The van der Waals surface area contributed by atoms with Crippen molar-refractivity contribution in [2.75, 3.05) is 0 Å². The molecule has 0 radical (unpaired) electrons. The van der Waals surface area contributed by atoms with Crippen molar-refractivity contribution < 1.29 is 24.6 Å². The van der Waals surface area contributed by atoms with Crippen LogP contribution in [0.25, 0.3) is 0 Å². The molecule has 130 valence electrons. The van der Waals surface area contributed by atoms with Gasteiger partial charge in [0.25, 0.3) is 0 Å². The zero-order valence-electron chi connectivity index (χ0n) is 14.9. The van der Waals surface area contributed by atoms with Gasteiger partial charge in [0.2, 0.25) is 0 Å². The third-order valence-corrected chi connectivity index (χ3v) is 3.20. The van der Waals surface area contributed by atoms with Crippen molar-refractivity contribution >= 4 is 0 Å². The van der Waals surface area contributed by atoms with Gasteiger partial charge in [-0.2, -0.15) is 6.42 Å². The molecule has 0 saturated heterocycles. The molecular formula is C18H33NO3Zn. The minimum atomic E-state index is -1.75. The Bertz CT molecular complexity index is 277. The maximum Gasteiger partial charge on any atom is 2.00 e. The summed E-state index contributed by atoms with van der Waals surface area (Å²) in [6, 6.07) is 0. The van der Waals surface area contributed by atoms with E-state index in [-0.39, 0.29) is 19.5 Å². The first-order valence-electron chi connectivity index (χ1n) is 8.55. The van der Waals surface area contributed by atoms with Crippen LogP contribution in [0.2, 0.25) is 0 Å². The van der Waals surface area contributed by atoms with Crippen LogP contribution < -0.4 is 0 Å². The standard InChI is InChI=1S/C18H33.NO3.Zn/c1-3-5-7-9-11-13-15-17-18-16-14-12-10-8-6-4-2;2-1(3)4;/h12,14,17-18H,1,3-11,13,15-16H2,2H3;;/q2*-1;+2/b14-12-,18-17-;;. The molecule has 0 amide bonds. The first-order chi connectivity index (χ1) is 10.6. The van der Waals surface area contributed by atoms with Crippen LogP contribution in [0.1, 0.15) is 84.0 Å². The van der Waals surface area contributed by atoms with E-state index in [9.17, 15) is 0 Å². The van der Waals surface area contributed by atoms with Gasteiger partial charge in [-0.1, -0.05) is 69.8 Å². The number of hydrogen-bond acceptors (Lipinski definition) is 3. The summed E-state index contributed by atoms with van der Waals surface area (Å²) in [7, 11) is 0. The average Bonchev–Trinajstić information content (AvgIpc) is 2.47. The van der Waals surface area contributed by atoms with E-state index in [1.807, 2.05) is 0 Å². The maximum atomic E-state index is 8.25. The Kier molecular flexibility index (Phi) is 31.0. The molecule has 5 heteroatoms. The Morgan fingerprint density at radius 1 is 0.826 bits per heavy atom. The van der Waals surface area contributed by atoms with Crippen molar-refractivity contribution in [1.29, 1.82) is 0 Å². The van der Waals surface area contributed by atoms with Gasteiger partial charge in [0.15, 0.2) is 0 Å². The van der Waals surface area contributed by atoms with E-state index in [1.54, 1.807) is 0 Å². The van der Waals surface area contributed by atoms with Crippen LogP contribution in [0.3, 0.4) is 0 Å². The minimum Gasteiger partial charge on any atom is -0.356 e. The fourth-order valence-electron chi connectivity index (χ4n) is 1.99. The largest absolute Gasteiger partial charge is 2.00 e. The van der Waals surface area contributed by atoms with Crippen molar-refractivity contribution in [2.24, 2.45) is 0 Å². The van der Waals surface area contributed by atoms with Gasteiger partial charge in [0, 0.05) is 0 Å². The second-order valence-electron chi connectivity index (χ2n) is 5.31. The molecule has 4 nitrogen and oxygen atoms in total. The van der Waals surface area contributed by atoms with Crippen molar-refractivity contribution in [2.45, 2.75) is 84.0 Å². The van der Waals surface area contributed by atoms with E-state index < -0.39 is 5.09 Å². The number of allylic oxidation sites excluding steroid dienone is 4. The fourth-order valence-corrected chi connectivity index (χ4v) is 1.99. The molecule has 0 aromatic heterocycles. The van der Waals surface area contributed by atoms with Gasteiger partial charge in [0.05, 0.1) is 5.09 Å². The zero-order chi connectivity index (χ0) is 16.9.